The molecular weight excluding hydrogens is 496 g/mol. The molecule has 0 amide bonds. The molecule has 0 saturated heterocycles. The maximum Gasteiger partial charge on any atom is 0.251 e. The Hall–Kier alpha value is -5.54. The molecule has 0 saturated carbocycles. The van der Waals surface area contributed by atoms with Crippen LogP contribution in [0.25, 0.3) is 0 Å². The molecule has 198 valence electrons. The maximum absolute atomic E-state index is 9.95. The van der Waals surface area contributed by atoms with Crippen molar-refractivity contribution in [3.05, 3.63) is 47.5 Å². The van der Waals surface area contributed by atoms with Gasteiger partial charge in [0.15, 0.2) is 23.0 Å². The van der Waals surface area contributed by atoms with Crippen LogP contribution >= 0.6 is 0 Å². The molecule has 0 radical (unpaired) electrons. The van der Waals surface area contributed by atoms with Crippen molar-refractivity contribution in [2.75, 3.05) is 46.2 Å². The number of nitrogens with one attached hydrogen (secondary N) is 4. The predicted molar refractivity (Wildman–Crippen MR) is 140 cm³/mol. The van der Waals surface area contributed by atoms with Gasteiger partial charge in [-0.25, -0.2) is 5.01 Å². The molecule has 0 aliphatic carbocycles. The molecule has 0 unspecified atom stereocenters. The SMILES string of the molecule is CNc1nc(NCc2ccc(O)c(O)c2)nc(NN(Cc2ccc(O)c(O)c2)c2nc(N)nc(NC)n2)n1. The van der Waals surface area contributed by atoms with Gasteiger partial charge in [0.05, 0.1) is 6.54 Å². The number of phenols is 4. The fourth-order valence-corrected chi connectivity index (χ4v) is 3.22. The van der Waals surface area contributed by atoms with Crippen molar-refractivity contribution in [1.82, 2.24) is 29.9 Å². The van der Waals surface area contributed by atoms with E-state index in [0.29, 0.717) is 11.1 Å². The minimum Gasteiger partial charge on any atom is -0.504 e. The van der Waals surface area contributed by atoms with E-state index in [1.165, 1.54) is 29.3 Å². The number of anilines is 6. The molecule has 0 aliphatic heterocycles. The summed E-state index contributed by atoms with van der Waals surface area (Å²) in [5.41, 5.74) is 10.2. The van der Waals surface area contributed by atoms with Crippen molar-refractivity contribution in [1.29, 1.82) is 0 Å². The third kappa shape index (κ3) is 6.17. The van der Waals surface area contributed by atoms with E-state index in [1.807, 2.05) is 0 Å². The number of phenolic OH excluding ortho intramolecular Hbond substituents is 4. The van der Waals surface area contributed by atoms with Crippen LogP contribution in [0, 0.1) is 0 Å². The third-order valence-corrected chi connectivity index (χ3v) is 5.07. The number of nitrogens with two attached hydrogens (primary N) is 1. The number of nitrogens with zero attached hydrogens (tertiary/aromatic N) is 7. The molecule has 0 bridgehead atoms. The van der Waals surface area contributed by atoms with E-state index in [4.69, 9.17) is 5.73 Å². The topological polar surface area (TPSA) is 236 Å². The zero-order valence-corrected chi connectivity index (χ0v) is 20.4. The average molecular weight is 523 g/mol. The summed E-state index contributed by atoms with van der Waals surface area (Å²) in [6, 6.07) is 8.79. The largest absolute Gasteiger partial charge is 0.504 e. The lowest BCUT2D eigenvalue weighted by Crippen LogP contribution is -2.33. The first kappa shape index (κ1) is 25.5. The Labute approximate surface area is 216 Å². The summed E-state index contributed by atoms with van der Waals surface area (Å²) in [4.78, 5) is 25.5. The highest BCUT2D eigenvalue weighted by molar-refractivity contribution is 5.51. The van der Waals surface area contributed by atoms with E-state index in [-0.39, 0.29) is 71.8 Å². The van der Waals surface area contributed by atoms with Gasteiger partial charge in [-0.3, -0.25) is 5.43 Å². The second kappa shape index (κ2) is 11.0. The predicted octanol–water partition coefficient (Wildman–Crippen LogP) is 1.19. The number of aromatic nitrogens is 6. The number of hydrogen-bond donors (Lipinski definition) is 9. The van der Waals surface area contributed by atoms with Gasteiger partial charge < -0.3 is 42.1 Å². The van der Waals surface area contributed by atoms with E-state index < -0.39 is 0 Å². The zero-order chi connectivity index (χ0) is 27.2. The standard InChI is InChI=1S/C22H26N12O4/c1-24-18-27-17(23)28-22(32-18)34(10-12-4-6-14(36)16(38)8-12)33-21-30-19(25-2)29-20(31-21)26-9-11-3-5-13(35)15(37)7-11/h3-8,35-38H,9-10H2,1-2H3,(H3,23,24,27,28,32)(H3,25,26,29,30,31,33). The lowest BCUT2D eigenvalue weighted by Gasteiger charge is -2.24. The Morgan fingerprint density at radius 3 is 1.92 bits per heavy atom. The summed E-state index contributed by atoms with van der Waals surface area (Å²) in [5, 5.41) is 49.1. The Bertz CT molecular complexity index is 1440. The molecule has 16 nitrogen and oxygen atoms in total. The van der Waals surface area contributed by atoms with Crippen LogP contribution in [0.5, 0.6) is 23.0 Å². The van der Waals surface area contributed by atoms with Crippen LogP contribution in [-0.2, 0) is 13.1 Å². The number of hydrogen-bond acceptors (Lipinski definition) is 16. The van der Waals surface area contributed by atoms with Crippen LogP contribution in [0.3, 0.4) is 0 Å². The van der Waals surface area contributed by atoms with Crippen LogP contribution in [0.15, 0.2) is 36.4 Å². The molecule has 0 aliphatic rings. The van der Waals surface area contributed by atoms with Gasteiger partial charge in [0, 0.05) is 20.6 Å². The molecule has 0 atom stereocenters. The molecule has 2 heterocycles. The highest BCUT2D eigenvalue weighted by Crippen LogP contribution is 2.27. The molecule has 0 spiro atoms. The number of nitrogen functional groups attached to an aromatic ring is 1. The van der Waals surface area contributed by atoms with Crippen molar-refractivity contribution in [3.63, 3.8) is 0 Å². The van der Waals surface area contributed by atoms with E-state index in [1.54, 1.807) is 26.2 Å². The Balaban J connectivity index is 1.64. The van der Waals surface area contributed by atoms with Gasteiger partial charge in [0.1, 0.15) is 0 Å². The summed E-state index contributed by atoms with van der Waals surface area (Å²) < 4.78 is 0. The lowest BCUT2D eigenvalue weighted by molar-refractivity contribution is 0.403. The highest BCUT2D eigenvalue weighted by Gasteiger charge is 2.17. The smallest absolute Gasteiger partial charge is 0.251 e. The number of rotatable bonds is 10. The molecule has 2 aromatic carbocycles. The zero-order valence-electron chi connectivity index (χ0n) is 20.4. The molecule has 2 aromatic heterocycles. The third-order valence-electron chi connectivity index (χ3n) is 5.07. The van der Waals surface area contributed by atoms with Crippen LogP contribution in [0.2, 0.25) is 0 Å². The van der Waals surface area contributed by atoms with Crippen LogP contribution < -0.4 is 32.1 Å². The second-order valence-corrected chi connectivity index (χ2v) is 7.82. The Morgan fingerprint density at radius 1 is 0.684 bits per heavy atom. The van der Waals surface area contributed by atoms with Crippen molar-refractivity contribution in [2.45, 2.75) is 13.1 Å². The molecule has 0 fully saturated rings. The van der Waals surface area contributed by atoms with Crippen LogP contribution in [0.4, 0.5) is 35.7 Å². The van der Waals surface area contributed by atoms with Gasteiger partial charge in [0.25, 0.3) is 5.95 Å². The molecule has 4 rings (SSSR count). The fraction of sp³-hybridized carbons (Fsp3) is 0.182. The first-order valence-electron chi connectivity index (χ1n) is 11.2. The van der Waals surface area contributed by atoms with Gasteiger partial charge in [0.2, 0.25) is 29.7 Å². The van der Waals surface area contributed by atoms with Gasteiger partial charge >= 0.3 is 0 Å². The van der Waals surface area contributed by atoms with E-state index in [0.717, 1.165) is 0 Å². The van der Waals surface area contributed by atoms with E-state index in [9.17, 15) is 20.4 Å². The van der Waals surface area contributed by atoms with Gasteiger partial charge in [-0.15, -0.1) is 0 Å². The molecule has 38 heavy (non-hydrogen) atoms. The minimum absolute atomic E-state index is 0.0363. The van der Waals surface area contributed by atoms with Gasteiger partial charge in [-0.1, -0.05) is 12.1 Å². The minimum atomic E-state index is -0.294. The van der Waals surface area contributed by atoms with Crippen molar-refractivity contribution in [3.8, 4) is 23.0 Å². The first-order chi connectivity index (χ1) is 18.2. The Morgan fingerprint density at radius 2 is 1.26 bits per heavy atom. The lowest BCUT2D eigenvalue weighted by atomic mass is 10.2. The summed E-state index contributed by atoms with van der Waals surface area (Å²) >= 11 is 0. The van der Waals surface area contributed by atoms with Crippen LogP contribution in [0.1, 0.15) is 11.1 Å². The maximum atomic E-state index is 9.95. The van der Waals surface area contributed by atoms with Gasteiger partial charge in [-0.05, 0) is 35.4 Å². The molecule has 16 heteroatoms. The van der Waals surface area contributed by atoms with E-state index in [2.05, 4.69) is 51.3 Å². The highest BCUT2D eigenvalue weighted by atomic mass is 16.3. The first-order valence-corrected chi connectivity index (χ1v) is 11.2. The number of benzene rings is 2. The summed E-state index contributed by atoms with van der Waals surface area (Å²) in [6.45, 7) is 0.336. The monoisotopic (exact) mass is 522 g/mol. The number of aromatic hydroxyl groups is 4. The number of hydrazine groups is 1. The summed E-state index contributed by atoms with van der Waals surface area (Å²) in [6.07, 6.45) is 0. The average Bonchev–Trinajstić information content (AvgIpc) is 2.90. The van der Waals surface area contributed by atoms with Crippen molar-refractivity contribution >= 4 is 35.7 Å². The van der Waals surface area contributed by atoms with E-state index >= 15 is 0 Å². The summed E-state index contributed by atoms with van der Waals surface area (Å²) in [5.74, 6) is -0.165. The quantitative estimate of drug-likeness (QED) is 0.105. The normalized spacial score (nSPS) is 10.6. The summed E-state index contributed by atoms with van der Waals surface area (Å²) in [7, 11) is 3.27. The fourth-order valence-electron chi connectivity index (χ4n) is 3.22. The molecule has 4 aromatic rings. The molecule has 10 N–H and O–H groups in total. The van der Waals surface area contributed by atoms with Crippen molar-refractivity contribution < 1.29 is 20.4 Å². The molecular formula is C22H26N12O4. The van der Waals surface area contributed by atoms with Gasteiger partial charge in [-0.2, -0.15) is 29.9 Å². The van der Waals surface area contributed by atoms with Crippen LogP contribution in [-0.4, -0.2) is 64.4 Å². The van der Waals surface area contributed by atoms with Crippen molar-refractivity contribution in [2.24, 2.45) is 0 Å². The Kier molecular flexibility index (Phi) is 7.41. The second-order valence-electron chi connectivity index (χ2n) is 7.82.